The Bertz CT molecular complexity index is 2290. The van der Waals surface area contributed by atoms with Gasteiger partial charge in [-0.15, -0.1) is 0 Å². The Morgan fingerprint density at radius 3 is 1.77 bits per heavy atom. The van der Waals surface area contributed by atoms with Crippen LogP contribution >= 0.6 is 0 Å². The Morgan fingerprint density at radius 1 is 0.788 bits per heavy atom. The Kier molecular flexibility index (Phi) is 8.98. The molecule has 0 fully saturated rings. The monoisotopic (exact) mass is 779 g/mol. The lowest BCUT2D eigenvalue weighted by Crippen LogP contribution is -2.42. The summed E-state index contributed by atoms with van der Waals surface area (Å²) in [6.45, 7) is 18.5. The highest BCUT2D eigenvalue weighted by molar-refractivity contribution is 7.93. The molecule has 0 bridgehead atoms. The molecule has 18 heteroatoms. The standard InChI is InChI=1S/C34H40F6N4O6S2/c1-15(2)43-17(5)31(7,8)21-11-19(23(13-25(21)43)41-51(47,48)33(35,36)37)27-29(45)28(30(27)46)20-12-22-26(44(16(3)4)18(6)32(22,9)10)14-24(20)42-52(49,50)34(38,39)40/h11-18H,1-10H3,(H2,41,42,45,46)/p+1. The number of nitrogens with one attached hydrogen (secondary N) is 2. The topological polar surface area (TPSA) is 136 Å². The molecule has 2 aromatic rings. The fourth-order valence-corrected chi connectivity index (χ4v) is 8.69. The molecule has 5 rings (SSSR count). The Hall–Kier alpha value is -3.80. The molecule has 2 heterocycles. The maximum Gasteiger partial charge on any atom is 0.516 e. The molecule has 2 aliphatic heterocycles. The van der Waals surface area contributed by atoms with Crippen molar-refractivity contribution >= 4 is 54.0 Å². The van der Waals surface area contributed by atoms with E-state index in [2.05, 4.69) is 0 Å². The molecule has 0 radical (unpaired) electrons. The number of aliphatic hydroxyl groups excluding tert-OH is 1. The van der Waals surface area contributed by atoms with Gasteiger partial charge in [0.05, 0.1) is 27.9 Å². The highest BCUT2D eigenvalue weighted by Gasteiger charge is 2.51. The van der Waals surface area contributed by atoms with E-state index in [1.54, 1.807) is 0 Å². The Morgan fingerprint density at radius 2 is 1.31 bits per heavy atom. The molecule has 2 unspecified atom stereocenters. The van der Waals surface area contributed by atoms with Gasteiger partial charge < -0.3 is 10.0 Å². The first-order chi connectivity index (χ1) is 23.4. The average Bonchev–Trinajstić information content (AvgIpc) is 3.28. The van der Waals surface area contributed by atoms with Gasteiger partial charge in [0, 0.05) is 45.6 Å². The van der Waals surface area contributed by atoms with Crippen molar-refractivity contribution in [3.63, 3.8) is 0 Å². The van der Waals surface area contributed by atoms with Crippen LogP contribution in [0, 0.1) is 0 Å². The van der Waals surface area contributed by atoms with E-state index in [0.29, 0.717) is 22.2 Å². The minimum Gasteiger partial charge on any atom is -0.506 e. The summed E-state index contributed by atoms with van der Waals surface area (Å²) in [5.74, 6) is -1.94. The average molecular weight is 780 g/mol. The molecule has 0 spiro atoms. The van der Waals surface area contributed by atoms with Crippen molar-refractivity contribution < 1.29 is 53.1 Å². The molecule has 0 aromatic heterocycles. The lowest BCUT2D eigenvalue weighted by Gasteiger charge is -2.34. The van der Waals surface area contributed by atoms with Crippen LogP contribution in [0.3, 0.4) is 0 Å². The summed E-state index contributed by atoms with van der Waals surface area (Å²) in [6.07, 6.45) is 0. The van der Waals surface area contributed by atoms with E-state index < -0.39 is 86.7 Å². The van der Waals surface area contributed by atoms with Crippen molar-refractivity contribution in [1.82, 2.24) is 4.58 Å². The zero-order valence-electron chi connectivity index (χ0n) is 30.1. The van der Waals surface area contributed by atoms with E-state index in [1.165, 1.54) is 21.6 Å². The van der Waals surface area contributed by atoms with Gasteiger partial charge in [-0.2, -0.15) is 43.2 Å². The fourth-order valence-electron chi connectivity index (χ4n) is 7.54. The number of hydrogen-bond acceptors (Lipinski definition) is 7. The van der Waals surface area contributed by atoms with Crippen LogP contribution in [-0.4, -0.2) is 62.9 Å². The van der Waals surface area contributed by atoms with Gasteiger partial charge in [-0.1, -0.05) is 13.8 Å². The van der Waals surface area contributed by atoms with Gasteiger partial charge in [-0.05, 0) is 79.2 Å². The SMILES string of the molecule is CC(C)N1c2cc(NS(=O)(=O)C(F)(F)F)c(C3=C(O)/C(=c4\cc5c(cc4NS(=O)(=O)C(F)(F)F)=[N+](C(C)C)C(C)C5(C)C)C3=O)cc2C(C)(C)C1C. The predicted molar refractivity (Wildman–Crippen MR) is 186 cm³/mol. The molecule has 2 aromatic carbocycles. The van der Waals surface area contributed by atoms with Crippen LogP contribution in [0.25, 0.3) is 11.1 Å². The second-order valence-corrected chi connectivity index (χ2v) is 18.5. The molecule has 3 N–H and O–H groups in total. The van der Waals surface area contributed by atoms with Gasteiger partial charge in [0.1, 0.15) is 11.8 Å². The van der Waals surface area contributed by atoms with Gasteiger partial charge in [-0.3, -0.25) is 14.2 Å². The van der Waals surface area contributed by atoms with Gasteiger partial charge in [0.15, 0.2) is 6.04 Å². The molecule has 0 saturated carbocycles. The normalized spacial score (nSPS) is 22.6. The largest absolute Gasteiger partial charge is 0.516 e. The highest BCUT2D eigenvalue weighted by Crippen LogP contribution is 2.51. The molecular weight excluding hydrogens is 739 g/mol. The number of carbonyl (C=O) groups is 1. The van der Waals surface area contributed by atoms with E-state index in [0.717, 1.165) is 12.1 Å². The van der Waals surface area contributed by atoms with E-state index in [9.17, 15) is 53.1 Å². The summed E-state index contributed by atoms with van der Waals surface area (Å²) in [5.41, 5.74) is -14.4. The lowest BCUT2D eigenvalue weighted by molar-refractivity contribution is -0.109. The number of sulfonamides is 2. The van der Waals surface area contributed by atoms with Gasteiger partial charge >= 0.3 is 31.1 Å². The zero-order valence-corrected chi connectivity index (χ0v) is 31.7. The number of hydrogen-bond donors (Lipinski definition) is 3. The van der Waals surface area contributed by atoms with E-state index in [4.69, 9.17) is 0 Å². The smallest absolute Gasteiger partial charge is 0.506 e. The van der Waals surface area contributed by atoms with Crippen LogP contribution in [0.2, 0.25) is 0 Å². The molecule has 286 valence electrons. The molecule has 0 amide bonds. The first kappa shape index (κ1) is 39.4. The van der Waals surface area contributed by atoms with Crippen molar-refractivity contribution in [3.8, 4) is 0 Å². The second kappa shape index (κ2) is 11.9. The molecular formula is C34H41F6N4O6S2+. The first-order valence-electron chi connectivity index (χ1n) is 16.4. The Labute approximate surface area is 298 Å². The maximum atomic E-state index is 14.1. The minimum atomic E-state index is -6.05. The summed E-state index contributed by atoms with van der Waals surface area (Å²) in [5, 5.41) is 11.5. The molecule has 10 nitrogen and oxygen atoms in total. The van der Waals surface area contributed by atoms with E-state index in [1.807, 2.05) is 78.7 Å². The third-order valence-electron chi connectivity index (χ3n) is 10.8. The number of aliphatic hydroxyl groups is 1. The van der Waals surface area contributed by atoms with Crippen molar-refractivity contribution in [1.29, 1.82) is 0 Å². The van der Waals surface area contributed by atoms with Crippen LogP contribution in [0.4, 0.5) is 43.4 Å². The van der Waals surface area contributed by atoms with Crippen molar-refractivity contribution in [3.05, 3.63) is 57.3 Å². The van der Waals surface area contributed by atoms with Crippen molar-refractivity contribution in [2.24, 2.45) is 0 Å². The summed E-state index contributed by atoms with van der Waals surface area (Å²) in [4.78, 5) is 16.0. The summed E-state index contributed by atoms with van der Waals surface area (Å²) < 4.78 is 136. The maximum absolute atomic E-state index is 14.1. The molecule has 3 aliphatic rings. The number of alkyl halides is 6. The van der Waals surface area contributed by atoms with Crippen LogP contribution in [0.1, 0.15) is 85.9 Å². The minimum absolute atomic E-state index is 0.191. The predicted octanol–water partition coefficient (Wildman–Crippen LogP) is 5.39. The number of ketones is 1. The molecule has 0 saturated heterocycles. The van der Waals surface area contributed by atoms with Crippen LogP contribution < -0.4 is 29.5 Å². The zero-order chi connectivity index (χ0) is 39.6. The number of benzene rings is 2. The summed E-state index contributed by atoms with van der Waals surface area (Å²) in [7, 11) is -12.1. The molecule has 1 aliphatic carbocycles. The van der Waals surface area contributed by atoms with Crippen molar-refractivity contribution in [2.75, 3.05) is 14.3 Å². The van der Waals surface area contributed by atoms with E-state index >= 15 is 0 Å². The van der Waals surface area contributed by atoms with E-state index in [-0.39, 0.29) is 24.2 Å². The van der Waals surface area contributed by atoms with Crippen LogP contribution in [0.5, 0.6) is 0 Å². The number of fused-ring (bicyclic) bond motifs is 2. The number of allylic oxidation sites excluding steroid dienone is 2. The van der Waals surface area contributed by atoms with Crippen LogP contribution in [-0.2, 0) is 35.7 Å². The van der Waals surface area contributed by atoms with Gasteiger partial charge in [0.2, 0.25) is 11.1 Å². The number of rotatable bonds is 7. The van der Waals surface area contributed by atoms with Gasteiger partial charge in [-0.25, -0.2) is 4.58 Å². The molecule has 2 atom stereocenters. The third kappa shape index (κ3) is 5.74. The van der Waals surface area contributed by atoms with Crippen molar-refractivity contribution in [2.45, 2.75) is 115 Å². The lowest BCUT2D eigenvalue weighted by atomic mass is 9.76. The number of anilines is 3. The van der Waals surface area contributed by atoms with Gasteiger partial charge in [0.25, 0.3) is 0 Å². The summed E-state index contributed by atoms with van der Waals surface area (Å²) in [6, 6.07) is 4.08. The quantitative estimate of drug-likeness (QED) is 0.254. The highest BCUT2D eigenvalue weighted by atomic mass is 32.2. The fraction of sp³-hybridized carbons (Fsp3) is 0.529. The van der Waals surface area contributed by atoms with Crippen LogP contribution in [0.15, 0.2) is 30.0 Å². The number of halogens is 6. The number of Topliss-reactive ketones (excluding diaryl/α,β-unsaturated/α-hetero) is 1. The second-order valence-electron chi connectivity index (χ2n) is 15.2. The molecule has 52 heavy (non-hydrogen) atoms. The Balaban J connectivity index is 1.88. The number of nitrogens with zero attached hydrogens (tertiary/aromatic N) is 2. The summed E-state index contributed by atoms with van der Waals surface area (Å²) >= 11 is 0. The first-order valence-corrected chi connectivity index (χ1v) is 19.3. The third-order valence-corrected chi connectivity index (χ3v) is 13.0. The number of carbonyl (C=O) groups excluding carboxylic acids is 1.